The van der Waals surface area contributed by atoms with Crippen molar-refractivity contribution in [3.8, 4) is 27.7 Å². The second-order valence-corrected chi connectivity index (χ2v) is 19.0. The fourth-order valence-electron chi connectivity index (χ4n) is 7.64. The van der Waals surface area contributed by atoms with E-state index in [1.165, 1.54) is 41.4 Å². The number of alkyl halides is 3. The number of pyridine rings is 1. The van der Waals surface area contributed by atoms with Crippen LogP contribution >= 0.6 is 11.3 Å². The number of fused-ring (bicyclic) bond motifs is 2. The molecule has 4 N–H and O–H groups in total. The molecule has 20 heteroatoms. The summed E-state index contributed by atoms with van der Waals surface area (Å²) in [7, 11) is -4.09. The molecular formula is C40H45F3N6O9S2. The van der Waals surface area contributed by atoms with E-state index in [2.05, 4.69) is 25.3 Å². The standard InChI is InChI=1S/C40H45F3N6O9S2/c1-4-31-32(46-37(53)54)35(51)49-21-27(58-26-17-28(45-29(18-26)34-44-15-16-59-34)23-9-11-24(12-10-23)40(41,42)43)19-30(49)33(50)47-39(20-25(39)8-6-5-7-22(2)57-31)36(52)48-60(55,56)38(3)13-14-38/h6,8-12,15-18,22,25,27,30-32,46H,4-5,7,13-14,19-21H2,1-3H3,(H,47,50)(H,48,52)(H,53,54)/b8-6-/t22-,25-,27-,30+,31+,32+,39-/m1/s1. The molecule has 1 saturated heterocycles. The number of carbonyl (C=O) groups excluding carboxylic acids is 3. The number of hydrogen-bond donors (Lipinski definition) is 4. The number of carboxylic acid groups (broad SMARTS) is 1. The molecule has 7 atom stereocenters. The van der Waals surface area contributed by atoms with Gasteiger partial charge in [0.15, 0.2) is 0 Å². The number of rotatable bonds is 9. The average Bonchev–Trinajstić information content (AvgIpc) is 3.94. The summed E-state index contributed by atoms with van der Waals surface area (Å²) in [6.45, 7) is 4.82. The van der Waals surface area contributed by atoms with Gasteiger partial charge >= 0.3 is 12.3 Å². The zero-order valence-electron chi connectivity index (χ0n) is 32.9. The molecule has 2 aliphatic heterocycles. The number of allylic oxidation sites excluding steroid dienone is 1. The molecule has 2 saturated carbocycles. The lowest BCUT2D eigenvalue weighted by Gasteiger charge is -2.33. The minimum absolute atomic E-state index is 0.0876. The van der Waals surface area contributed by atoms with E-state index in [4.69, 9.17) is 9.47 Å². The molecule has 1 aromatic carbocycles. The van der Waals surface area contributed by atoms with Gasteiger partial charge in [0.2, 0.25) is 21.8 Å². The van der Waals surface area contributed by atoms with Crippen LogP contribution in [0.5, 0.6) is 5.75 Å². The molecule has 0 spiro atoms. The molecular weight excluding hydrogens is 830 g/mol. The van der Waals surface area contributed by atoms with Gasteiger partial charge in [-0.15, -0.1) is 11.3 Å². The monoisotopic (exact) mass is 874 g/mol. The van der Waals surface area contributed by atoms with Crippen LogP contribution in [-0.4, -0.2) is 99.4 Å². The van der Waals surface area contributed by atoms with Gasteiger partial charge < -0.3 is 30.1 Å². The maximum atomic E-state index is 14.6. The molecule has 60 heavy (non-hydrogen) atoms. The summed E-state index contributed by atoms with van der Waals surface area (Å²) in [4.78, 5) is 65.3. The Morgan fingerprint density at radius 1 is 1.15 bits per heavy atom. The SMILES string of the molecule is CC[C@@H]1O[C@H](C)CC/C=C\[C@@H]2C[C@@]2(C(=O)NS(=O)(=O)C2(C)CC2)NC(=O)[C@@H]2C[C@@H](Oc3cc(-c4ccc(C(F)(F)F)cc4)nc(-c4nccs4)c3)CN2C(=O)[C@H]1NC(=O)O. The van der Waals surface area contributed by atoms with Gasteiger partial charge in [0.25, 0.3) is 5.91 Å². The lowest BCUT2D eigenvalue weighted by Crippen LogP contribution is -2.60. The predicted molar refractivity (Wildman–Crippen MR) is 212 cm³/mol. The number of amides is 4. The van der Waals surface area contributed by atoms with Crippen molar-refractivity contribution < 1.29 is 55.3 Å². The van der Waals surface area contributed by atoms with Gasteiger partial charge in [0.05, 0.1) is 34.8 Å². The number of benzene rings is 1. The summed E-state index contributed by atoms with van der Waals surface area (Å²) in [5, 5.41) is 17.2. The van der Waals surface area contributed by atoms with Gasteiger partial charge in [0.1, 0.15) is 40.2 Å². The quantitative estimate of drug-likeness (QED) is 0.204. The predicted octanol–water partition coefficient (Wildman–Crippen LogP) is 5.28. The number of carbonyl (C=O) groups is 4. The van der Waals surface area contributed by atoms with Crippen LogP contribution in [0.25, 0.3) is 22.0 Å². The highest BCUT2D eigenvalue weighted by Gasteiger charge is 2.63. The van der Waals surface area contributed by atoms with E-state index < -0.39 is 92.2 Å². The number of hydrogen-bond acceptors (Lipinski definition) is 11. The lowest BCUT2D eigenvalue weighted by molar-refractivity contribution is -0.145. The Labute approximate surface area is 348 Å². The summed E-state index contributed by atoms with van der Waals surface area (Å²) < 4.78 is 80.3. The van der Waals surface area contributed by atoms with Gasteiger partial charge in [-0.1, -0.05) is 31.2 Å². The van der Waals surface area contributed by atoms with Gasteiger partial charge in [-0.05, 0) is 64.5 Å². The van der Waals surface area contributed by atoms with E-state index in [9.17, 15) is 45.9 Å². The Morgan fingerprint density at radius 2 is 1.87 bits per heavy atom. The molecule has 0 bridgehead atoms. The first-order valence-corrected chi connectivity index (χ1v) is 22.0. The average molecular weight is 875 g/mol. The molecule has 3 aromatic rings. The van der Waals surface area contributed by atoms with Crippen molar-refractivity contribution in [1.82, 2.24) is 30.2 Å². The molecule has 4 heterocycles. The third kappa shape index (κ3) is 9.00. The minimum atomic E-state index is -4.55. The van der Waals surface area contributed by atoms with E-state index in [0.717, 1.165) is 12.1 Å². The van der Waals surface area contributed by atoms with Crippen LogP contribution in [0.2, 0.25) is 0 Å². The Hall–Kier alpha value is -5.08. The van der Waals surface area contributed by atoms with E-state index >= 15 is 0 Å². The van der Waals surface area contributed by atoms with Gasteiger partial charge in [-0.25, -0.2) is 23.2 Å². The number of sulfonamides is 1. The Morgan fingerprint density at radius 3 is 2.50 bits per heavy atom. The maximum Gasteiger partial charge on any atom is 0.416 e. The minimum Gasteiger partial charge on any atom is -0.488 e. The molecule has 4 aliphatic rings. The van der Waals surface area contributed by atoms with Crippen LogP contribution in [0.1, 0.15) is 71.3 Å². The van der Waals surface area contributed by atoms with Gasteiger partial charge in [-0.2, -0.15) is 13.2 Å². The van der Waals surface area contributed by atoms with Crippen LogP contribution in [0, 0.1) is 5.92 Å². The summed E-state index contributed by atoms with van der Waals surface area (Å²) in [5.74, 6) is -2.85. The third-order valence-electron chi connectivity index (χ3n) is 11.5. The summed E-state index contributed by atoms with van der Waals surface area (Å²) >= 11 is 1.27. The first-order valence-electron chi connectivity index (χ1n) is 19.6. The number of ether oxygens (including phenoxy) is 2. The second-order valence-electron chi connectivity index (χ2n) is 15.9. The van der Waals surface area contributed by atoms with E-state index in [1.807, 2.05) is 6.08 Å². The Bertz CT molecular complexity index is 2270. The molecule has 2 aromatic heterocycles. The Kier molecular flexibility index (Phi) is 11.8. The summed E-state index contributed by atoms with van der Waals surface area (Å²) in [6.07, 6.45) is -1.35. The van der Waals surface area contributed by atoms with Crippen molar-refractivity contribution in [2.45, 2.75) is 113 Å². The first-order chi connectivity index (χ1) is 28.3. The van der Waals surface area contributed by atoms with Crippen LogP contribution in [0.3, 0.4) is 0 Å². The number of thiazole rings is 1. The molecule has 4 amide bonds. The normalized spacial score (nSPS) is 28.5. The number of aromatic nitrogens is 2. The molecule has 15 nitrogen and oxygen atoms in total. The molecule has 0 radical (unpaired) electrons. The largest absolute Gasteiger partial charge is 0.488 e. The van der Waals surface area contributed by atoms with E-state index in [1.54, 1.807) is 37.6 Å². The fraction of sp³-hybridized carbons (Fsp3) is 0.500. The van der Waals surface area contributed by atoms with Crippen LogP contribution in [-0.2, 0) is 35.3 Å². The van der Waals surface area contributed by atoms with Crippen molar-refractivity contribution >= 4 is 45.2 Å². The summed E-state index contributed by atoms with van der Waals surface area (Å²) in [6, 6.07) is 4.72. The zero-order chi connectivity index (χ0) is 43.2. The van der Waals surface area contributed by atoms with Crippen LogP contribution in [0.15, 0.2) is 60.1 Å². The topological polar surface area (TPSA) is 206 Å². The Balaban J connectivity index is 1.24. The number of halogens is 3. The second kappa shape index (κ2) is 16.4. The van der Waals surface area contributed by atoms with Crippen LogP contribution < -0.4 is 20.1 Å². The van der Waals surface area contributed by atoms with Gasteiger partial charge in [0, 0.05) is 41.6 Å². The number of nitrogens with one attached hydrogen (secondary N) is 3. The highest BCUT2D eigenvalue weighted by atomic mass is 32.2. The van der Waals surface area contributed by atoms with Crippen molar-refractivity contribution in [2.24, 2.45) is 5.92 Å². The van der Waals surface area contributed by atoms with E-state index in [0.29, 0.717) is 41.9 Å². The van der Waals surface area contributed by atoms with Gasteiger partial charge in [-0.3, -0.25) is 19.1 Å². The smallest absolute Gasteiger partial charge is 0.416 e. The fourth-order valence-corrected chi connectivity index (χ4v) is 9.55. The molecule has 322 valence electrons. The highest BCUT2D eigenvalue weighted by molar-refractivity contribution is 7.91. The zero-order valence-corrected chi connectivity index (χ0v) is 34.5. The van der Waals surface area contributed by atoms with E-state index in [-0.39, 0.29) is 37.3 Å². The molecule has 3 fully saturated rings. The van der Waals surface area contributed by atoms with Crippen molar-refractivity contribution in [2.75, 3.05) is 6.54 Å². The summed E-state index contributed by atoms with van der Waals surface area (Å²) in [5.41, 5.74) is -1.55. The lowest BCUT2D eigenvalue weighted by atomic mass is 10.0. The first kappa shape index (κ1) is 43.0. The maximum absolute atomic E-state index is 14.6. The van der Waals surface area contributed by atoms with Crippen LogP contribution in [0.4, 0.5) is 18.0 Å². The van der Waals surface area contributed by atoms with Crippen molar-refractivity contribution in [3.05, 3.63) is 65.7 Å². The number of nitrogens with zero attached hydrogens (tertiary/aromatic N) is 3. The van der Waals surface area contributed by atoms with Crippen molar-refractivity contribution in [3.63, 3.8) is 0 Å². The molecule has 2 aliphatic carbocycles. The molecule has 7 rings (SSSR count). The third-order valence-corrected chi connectivity index (χ3v) is 14.5. The highest BCUT2D eigenvalue weighted by Crippen LogP contribution is 2.47. The van der Waals surface area contributed by atoms with Crippen molar-refractivity contribution in [1.29, 1.82) is 0 Å². The molecule has 0 unspecified atom stereocenters.